The van der Waals surface area contributed by atoms with Crippen LogP contribution in [-0.4, -0.2) is 35.6 Å². The quantitative estimate of drug-likeness (QED) is 0.157. The summed E-state index contributed by atoms with van der Waals surface area (Å²) in [5.74, 6) is -0.00115. The maximum Gasteiger partial charge on any atom is 0.251 e. The zero-order valence-electron chi connectivity index (χ0n) is 27.0. The number of hydrogen-bond donors (Lipinski definition) is 2. The Morgan fingerprint density at radius 1 is 0.723 bits per heavy atom. The Kier molecular flexibility index (Phi) is 10.6. The van der Waals surface area contributed by atoms with E-state index in [0.29, 0.717) is 12.1 Å². The molecule has 6 rings (SSSR count). The lowest BCUT2D eigenvalue weighted by Crippen LogP contribution is -2.43. The molecule has 1 aliphatic heterocycles. The first kappa shape index (κ1) is 32.4. The molecule has 5 aromatic rings. The van der Waals surface area contributed by atoms with Crippen molar-refractivity contribution in [2.45, 2.75) is 45.1 Å². The average molecular weight is 627 g/mol. The van der Waals surface area contributed by atoms with Crippen molar-refractivity contribution in [3.8, 4) is 11.1 Å². The molecule has 0 radical (unpaired) electrons. The van der Waals surface area contributed by atoms with Gasteiger partial charge < -0.3 is 19.9 Å². The zero-order valence-corrected chi connectivity index (χ0v) is 27.0. The Labute approximate surface area is 277 Å². The lowest BCUT2D eigenvalue weighted by atomic mass is 9.90. The zero-order chi connectivity index (χ0) is 32.6. The number of amides is 1. The molecule has 2 N–H and O–H groups in total. The summed E-state index contributed by atoms with van der Waals surface area (Å²) < 4.78 is 13.5. The van der Waals surface area contributed by atoms with Gasteiger partial charge in [-0.3, -0.25) is 9.69 Å². The van der Waals surface area contributed by atoms with Crippen molar-refractivity contribution in [1.82, 2.24) is 10.2 Å². The van der Waals surface area contributed by atoms with Crippen LogP contribution in [0.15, 0.2) is 133 Å². The highest BCUT2D eigenvalue weighted by Gasteiger charge is 2.38. The van der Waals surface area contributed by atoms with Crippen LogP contribution in [0.3, 0.4) is 0 Å². The van der Waals surface area contributed by atoms with Crippen molar-refractivity contribution in [3.05, 3.63) is 167 Å². The monoisotopic (exact) mass is 626 g/mol. The van der Waals surface area contributed by atoms with Gasteiger partial charge in [-0.1, -0.05) is 116 Å². The van der Waals surface area contributed by atoms with Crippen molar-refractivity contribution >= 4 is 5.91 Å². The Balaban J connectivity index is 1.22. The summed E-state index contributed by atoms with van der Waals surface area (Å²) in [5, 5.41) is 12.6. The Morgan fingerprint density at radius 3 is 2.11 bits per heavy atom. The SMILES string of the molecule is CC1C(CN(C)Cc2ccccc2)OC(c2cccc(-c3cccc(CNC(=O)c4ccccc4)c3)c2)OC1c1ccc(CO)cc1. The van der Waals surface area contributed by atoms with Crippen molar-refractivity contribution in [1.29, 1.82) is 0 Å². The van der Waals surface area contributed by atoms with Crippen molar-refractivity contribution in [2.24, 2.45) is 5.92 Å². The van der Waals surface area contributed by atoms with E-state index >= 15 is 0 Å². The highest BCUT2D eigenvalue weighted by molar-refractivity contribution is 5.94. The Hall–Kier alpha value is -4.59. The van der Waals surface area contributed by atoms with Crippen LogP contribution in [0.1, 0.15) is 57.5 Å². The number of likely N-dealkylation sites (N-methyl/N-ethyl adjacent to an activating group) is 1. The predicted octanol–water partition coefficient (Wildman–Crippen LogP) is 7.70. The first-order valence-corrected chi connectivity index (χ1v) is 16.2. The fraction of sp³-hybridized carbons (Fsp3) is 0.244. The van der Waals surface area contributed by atoms with Crippen molar-refractivity contribution in [3.63, 3.8) is 0 Å². The number of rotatable bonds is 11. The summed E-state index contributed by atoms with van der Waals surface area (Å²) in [6.07, 6.45) is -0.820. The molecular formula is C41H42N2O4. The van der Waals surface area contributed by atoms with E-state index in [-0.39, 0.29) is 30.6 Å². The molecule has 4 atom stereocenters. The van der Waals surface area contributed by atoms with E-state index in [0.717, 1.165) is 46.5 Å². The summed E-state index contributed by atoms with van der Waals surface area (Å²) in [7, 11) is 2.13. The fourth-order valence-corrected chi connectivity index (χ4v) is 6.19. The van der Waals surface area contributed by atoms with Crippen molar-refractivity contribution in [2.75, 3.05) is 13.6 Å². The third-order valence-electron chi connectivity index (χ3n) is 8.82. The molecule has 5 aromatic carbocycles. The predicted molar refractivity (Wildman–Crippen MR) is 185 cm³/mol. The molecule has 1 fully saturated rings. The second kappa shape index (κ2) is 15.3. The van der Waals surface area contributed by atoms with Crippen LogP contribution in [0.4, 0.5) is 0 Å². The molecule has 6 heteroatoms. The van der Waals surface area contributed by atoms with Gasteiger partial charge in [0.15, 0.2) is 6.29 Å². The number of aliphatic hydroxyl groups is 1. The number of nitrogens with one attached hydrogen (secondary N) is 1. The van der Waals surface area contributed by atoms with E-state index in [9.17, 15) is 9.90 Å². The smallest absolute Gasteiger partial charge is 0.251 e. The molecular weight excluding hydrogens is 584 g/mol. The van der Waals surface area contributed by atoms with Crippen LogP contribution >= 0.6 is 0 Å². The van der Waals surface area contributed by atoms with Gasteiger partial charge in [0.1, 0.15) is 0 Å². The first-order chi connectivity index (χ1) is 23.0. The number of carbonyl (C=O) groups is 1. The summed E-state index contributed by atoms with van der Waals surface area (Å²) in [6.45, 7) is 4.21. The molecule has 1 amide bonds. The lowest BCUT2D eigenvalue weighted by Gasteiger charge is -2.42. The Bertz CT molecular complexity index is 1740. The molecule has 47 heavy (non-hydrogen) atoms. The molecule has 0 spiro atoms. The standard InChI is InChI=1S/C41H42N2O4/c1-29-38(27-43(2)26-30-11-5-3-6-12-30)46-41(47-39(29)33-21-19-31(28-44)20-22-33)37-18-10-17-36(24-37)35-16-9-13-32(23-35)25-42-40(45)34-14-7-4-8-15-34/h3-24,29,38-39,41,44H,25-28H2,1-2H3,(H,42,45). The van der Waals surface area contributed by atoms with Gasteiger partial charge in [-0.2, -0.15) is 0 Å². The molecule has 0 bridgehead atoms. The molecule has 0 aliphatic carbocycles. The highest BCUT2D eigenvalue weighted by Crippen LogP contribution is 2.42. The van der Waals surface area contributed by atoms with Gasteiger partial charge in [0.05, 0.1) is 18.8 Å². The van der Waals surface area contributed by atoms with Crippen LogP contribution in [-0.2, 0) is 29.2 Å². The summed E-state index contributed by atoms with van der Waals surface area (Å²) in [4.78, 5) is 14.9. The lowest BCUT2D eigenvalue weighted by molar-refractivity contribution is -0.276. The largest absolute Gasteiger partial charge is 0.392 e. The van der Waals surface area contributed by atoms with Gasteiger partial charge in [0.25, 0.3) is 5.91 Å². The molecule has 1 saturated heterocycles. The third kappa shape index (κ3) is 8.23. The number of nitrogens with zero attached hydrogens (tertiary/aromatic N) is 1. The number of benzene rings is 5. The van der Waals surface area contributed by atoms with Crippen molar-refractivity contribution < 1.29 is 19.4 Å². The first-order valence-electron chi connectivity index (χ1n) is 16.2. The number of aliphatic hydroxyl groups excluding tert-OH is 1. The van der Waals surface area contributed by atoms with Crippen LogP contribution in [0, 0.1) is 5.92 Å². The number of carbonyl (C=O) groups excluding carboxylic acids is 1. The van der Waals surface area contributed by atoms with Gasteiger partial charge in [-0.25, -0.2) is 0 Å². The average Bonchev–Trinajstić information content (AvgIpc) is 3.12. The van der Waals surface area contributed by atoms with Crippen LogP contribution in [0.25, 0.3) is 11.1 Å². The molecule has 1 aliphatic rings. The van der Waals surface area contributed by atoms with E-state index in [1.807, 2.05) is 66.7 Å². The van der Waals surface area contributed by atoms with Gasteiger partial charge >= 0.3 is 0 Å². The second-order valence-electron chi connectivity index (χ2n) is 12.4. The fourth-order valence-electron chi connectivity index (χ4n) is 6.19. The summed E-state index contributed by atoms with van der Waals surface area (Å²) >= 11 is 0. The van der Waals surface area contributed by atoms with Crippen LogP contribution in [0.2, 0.25) is 0 Å². The molecule has 4 unspecified atom stereocenters. The van der Waals surface area contributed by atoms with Gasteiger partial charge in [-0.15, -0.1) is 0 Å². The molecule has 0 saturated carbocycles. The summed E-state index contributed by atoms with van der Waals surface area (Å²) in [6, 6.07) is 44.3. The minimum Gasteiger partial charge on any atom is -0.392 e. The van der Waals surface area contributed by atoms with E-state index in [1.54, 1.807) is 0 Å². The topological polar surface area (TPSA) is 71.0 Å². The van der Waals surface area contributed by atoms with Gasteiger partial charge in [-0.05, 0) is 64.7 Å². The number of ether oxygens (including phenoxy) is 2. The summed E-state index contributed by atoms with van der Waals surface area (Å²) in [5.41, 5.74) is 7.92. The van der Waals surface area contributed by atoms with Gasteiger partial charge in [0, 0.05) is 36.7 Å². The highest BCUT2D eigenvalue weighted by atomic mass is 16.7. The molecule has 240 valence electrons. The minimum atomic E-state index is -0.558. The van der Waals surface area contributed by atoms with Gasteiger partial charge in [0.2, 0.25) is 0 Å². The van der Waals surface area contributed by atoms with E-state index in [1.165, 1.54) is 5.56 Å². The second-order valence-corrected chi connectivity index (χ2v) is 12.4. The van der Waals surface area contributed by atoms with Crippen LogP contribution in [0.5, 0.6) is 0 Å². The maximum atomic E-state index is 12.6. The normalized spacial score (nSPS) is 19.4. The van der Waals surface area contributed by atoms with Crippen LogP contribution < -0.4 is 5.32 Å². The Morgan fingerprint density at radius 2 is 1.38 bits per heavy atom. The van der Waals surface area contributed by atoms with E-state index in [2.05, 4.69) is 90.9 Å². The molecule has 6 nitrogen and oxygen atoms in total. The maximum absolute atomic E-state index is 12.6. The van der Waals surface area contributed by atoms with E-state index in [4.69, 9.17) is 9.47 Å². The third-order valence-corrected chi connectivity index (χ3v) is 8.82. The molecule has 1 heterocycles. The van der Waals surface area contributed by atoms with E-state index < -0.39 is 6.29 Å². The number of hydrogen-bond acceptors (Lipinski definition) is 5. The minimum absolute atomic E-state index is 0.00733. The molecule has 0 aromatic heterocycles.